The maximum Gasteiger partial charge on any atom is 0.185 e. The Kier molecular flexibility index (Phi) is 5.23. The molecule has 0 saturated carbocycles. The molecule has 0 aliphatic carbocycles. The van der Waals surface area contributed by atoms with Gasteiger partial charge in [-0.15, -0.1) is 6.42 Å². The molecule has 0 aliphatic rings. The molecular formula is C9H13BrO3. The first kappa shape index (κ1) is 12.6. The molecule has 74 valence electrons. The van der Waals surface area contributed by atoms with E-state index >= 15 is 0 Å². The molecule has 0 rings (SSSR count). The Morgan fingerprint density at radius 1 is 1.77 bits per heavy atom. The summed E-state index contributed by atoms with van der Waals surface area (Å²) in [4.78, 5) is 10.5. The first-order chi connectivity index (χ1) is 5.98. The zero-order valence-electron chi connectivity index (χ0n) is 7.96. The number of methoxy groups -OCH3 is 1. The minimum absolute atomic E-state index is 0.0682. The van der Waals surface area contributed by atoms with Crippen molar-refractivity contribution in [2.24, 2.45) is 0 Å². The molecule has 0 bridgehead atoms. The molecule has 3 nitrogen and oxygen atoms in total. The van der Waals surface area contributed by atoms with E-state index in [0.29, 0.717) is 0 Å². The molecule has 2 atom stereocenters. The molecule has 0 aromatic heterocycles. The van der Waals surface area contributed by atoms with Gasteiger partial charge in [-0.05, 0) is 13.8 Å². The molecule has 0 amide bonds. The highest BCUT2D eigenvalue weighted by Crippen LogP contribution is 2.23. The van der Waals surface area contributed by atoms with Crippen molar-refractivity contribution in [1.29, 1.82) is 0 Å². The van der Waals surface area contributed by atoms with Gasteiger partial charge in [-0.3, -0.25) is 4.79 Å². The van der Waals surface area contributed by atoms with Crippen LogP contribution in [-0.4, -0.2) is 30.1 Å². The number of terminal acetylenes is 1. The molecule has 13 heavy (non-hydrogen) atoms. The van der Waals surface area contributed by atoms with Crippen LogP contribution in [0.25, 0.3) is 0 Å². The van der Waals surface area contributed by atoms with Crippen molar-refractivity contribution in [3.05, 3.63) is 0 Å². The van der Waals surface area contributed by atoms with E-state index in [1.54, 1.807) is 6.92 Å². The predicted molar refractivity (Wildman–Crippen MR) is 53.6 cm³/mol. The molecule has 0 N–H and O–H groups in total. The summed E-state index contributed by atoms with van der Waals surface area (Å²) in [7, 11) is 1.47. The Morgan fingerprint density at radius 3 is 2.62 bits per heavy atom. The number of ether oxygens (including phenoxy) is 2. The van der Waals surface area contributed by atoms with Crippen LogP contribution in [0.4, 0.5) is 0 Å². The maximum atomic E-state index is 11.1. The molecule has 0 fully saturated rings. The van der Waals surface area contributed by atoms with Crippen LogP contribution < -0.4 is 0 Å². The number of hydrogen-bond donors (Lipinski definition) is 0. The summed E-state index contributed by atoms with van der Waals surface area (Å²) in [5.41, 5.74) is 0. The van der Waals surface area contributed by atoms with E-state index in [-0.39, 0.29) is 12.4 Å². The van der Waals surface area contributed by atoms with E-state index in [1.807, 2.05) is 0 Å². The number of rotatable bonds is 5. The molecule has 2 unspecified atom stereocenters. The highest BCUT2D eigenvalue weighted by molar-refractivity contribution is 9.10. The van der Waals surface area contributed by atoms with Crippen LogP contribution in [0.15, 0.2) is 0 Å². The molecule has 0 aliphatic heterocycles. The van der Waals surface area contributed by atoms with E-state index in [9.17, 15) is 4.79 Å². The average Bonchev–Trinajstić information content (AvgIpc) is 2.12. The fourth-order valence-corrected chi connectivity index (χ4v) is 1.11. The van der Waals surface area contributed by atoms with E-state index < -0.39 is 10.6 Å². The van der Waals surface area contributed by atoms with Crippen LogP contribution in [0.3, 0.4) is 0 Å². The summed E-state index contributed by atoms with van der Waals surface area (Å²) in [6.07, 6.45) is 5.04. The minimum Gasteiger partial charge on any atom is -0.352 e. The second-order valence-electron chi connectivity index (χ2n) is 2.69. The Morgan fingerprint density at radius 2 is 2.31 bits per heavy atom. The predicted octanol–water partition coefficient (Wildman–Crippen LogP) is 1.35. The van der Waals surface area contributed by atoms with Crippen molar-refractivity contribution in [2.75, 3.05) is 13.7 Å². The monoisotopic (exact) mass is 248 g/mol. The average molecular weight is 249 g/mol. The smallest absolute Gasteiger partial charge is 0.185 e. The largest absolute Gasteiger partial charge is 0.352 e. The van der Waals surface area contributed by atoms with Crippen molar-refractivity contribution < 1.29 is 14.3 Å². The van der Waals surface area contributed by atoms with Gasteiger partial charge >= 0.3 is 0 Å². The number of Topliss-reactive ketones (excluding diaryl/α,β-unsaturated/α-hetero) is 1. The van der Waals surface area contributed by atoms with Gasteiger partial charge in [0.2, 0.25) is 0 Å². The second kappa shape index (κ2) is 5.38. The van der Waals surface area contributed by atoms with Gasteiger partial charge in [-0.2, -0.15) is 0 Å². The lowest BCUT2D eigenvalue weighted by molar-refractivity contribution is -0.200. The third-order valence-corrected chi connectivity index (χ3v) is 3.14. The number of carbonyl (C=O) groups is 1. The Hall–Kier alpha value is -0.370. The van der Waals surface area contributed by atoms with E-state index in [4.69, 9.17) is 15.9 Å². The van der Waals surface area contributed by atoms with E-state index in [1.165, 1.54) is 14.0 Å². The molecule has 0 spiro atoms. The van der Waals surface area contributed by atoms with Crippen LogP contribution in [0.5, 0.6) is 0 Å². The van der Waals surface area contributed by atoms with E-state index in [2.05, 4.69) is 21.9 Å². The van der Waals surface area contributed by atoms with E-state index in [0.717, 1.165) is 0 Å². The molecule has 0 heterocycles. The molecular weight excluding hydrogens is 236 g/mol. The van der Waals surface area contributed by atoms with Crippen LogP contribution in [0, 0.1) is 12.3 Å². The van der Waals surface area contributed by atoms with Gasteiger partial charge in [0, 0.05) is 7.11 Å². The lowest BCUT2D eigenvalue weighted by Gasteiger charge is -2.30. The number of halogens is 1. The summed E-state index contributed by atoms with van der Waals surface area (Å²) < 4.78 is 10.3. The van der Waals surface area contributed by atoms with Crippen molar-refractivity contribution >= 4 is 21.7 Å². The standard InChI is InChI=1S/C9H13BrO3/c1-5-6-13-9(3,12-4)8(10)7(2)11/h1,8H,6H2,2-4H3. The van der Waals surface area contributed by atoms with Gasteiger partial charge in [0.15, 0.2) is 5.79 Å². The Bertz CT molecular complexity index is 221. The number of carbonyl (C=O) groups excluding carboxylic acids is 1. The van der Waals surface area contributed by atoms with Gasteiger partial charge < -0.3 is 9.47 Å². The molecule has 0 saturated heterocycles. The van der Waals surface area contributed by atoms with Crippen molar-refractivity contribution in [3.63, 3.8) is 0 Å². The minimum atomic E-state index is -1.00. The maximum absolute atomic E-state index is 11.1. The van der Waals surface area contributed by atoms with Crippen molar-refractivity contribution in [2.45, 2.75) is 24.5 Å². The fourth-order valence-electron chi connectivity index (χ4n) is 0.790. The van der Waals surface area contributed by atoms with Gasteiger partial charge in [-0.25, -0.2) is 0 Å². The van der Waals surface area contributed by atoms with Crippen molar-refractivity contribution in [1.82, 2.24) is 0 Å². The summed E-state index contributed by atoms with van der Waals surface area (Å²) in [6, 6.07) is 0. The zero-order chi connectivity index (χ0) is 10.5. The quantitative estimate of drug-likeness (QED) is 0.419. The molecule has 0 radical (unpaired) electrons. The van der Waals surface area contributed by atoms with Crippen LogP contribution in [0.1, 0.15) is 13.8 Å². The first-order valence-corrected chi connectivity index (χ1v) is 4.66. The lowest BCUT2D eigenvalue weighted by Crippen LogP contribution is -2.44. The molecule has 0 aromatic carbocycles. The van der Waals surface area contributed by atoms with Gasteiger partial charge in [0.25, 0.3) is 0 Å². The zero-order valence-corrected chi connectivity index (χ0v) is 9.55. The molecule has 4 heteroatoms. The van der Waals surface area contributed by atoms with Gasteiger partial charge in [0.1, 0.15) is 17.2 Å². The Labute approximate surface area is 86.9 Å². The SMILES string of the molecule is C#CCOC(C)(OC)C(Br)C(C)=O. The van der Waals surface area contributed by atoms with Crippen LogP contribution in [0.2, 0.25) is 0 Å². The number of hydrogen-bond acceptors (Lipinski definition) is 3. The van der Waals surface area contributed by atoms with Crippen LogP contribution >= 0.6 is 15.9 Å². The summed E-state index contributed by atoms with van der Waals surface area (Å²) in [6.45, 7) is 3.22. The van der Waals surface area contributed by atoms with Gasteiger partial charge in [-0.1, -0.05) is 21.9 Å². The highest BCUT2D eigenvalue weighted by atomic mass is 79.9. The summed E-state index contributed by atoms with van der Waals surface area (Å²) in [5.74, 6) is 1.25. The number of ketones is 1. The second-order valence-corrected chi connectivity index (χ2v) is 3.60. The van der Waals surface area contributed by atoms with Gasteiger partial charge in [0.05, 0.1) is 0 Å². The summed E-state index contributed by atoms with van der Waals surface area (Å²) in [5, 5.41) is 0. The highest BCUT2D eigenvalue weighted by Gasteiger charge is 2.36. The third kappa shape index (κ3) is 3.47. The van der Waals surface area contributed by atoms with Crippen molar-refractivity contribution in [3.8, 4) is 12.3 Å². The lowest BCUT2D eigenvalue weighted by atomic mass is 10.1. The Balaban J connectivity index is 4.44. The van der Waals surface area contributed by atoms with Crippen LogP contribution in [-0.2, 0) is 14.3 Å². The first-order valence-electron chi connectivity index (χ1n) is 3.75. The fraction of sp³-hybridized carbons (Fsp3) is 0.667. The normalized spacial score (nSPS) is 17.2. The summed E-state index contributed by atoms with van der Waals surface area (Å²) >= 11 is 3.19. The third-order valence-electron chi connectivity index (χ3n) is 1.66. The topological polar surface area (TPSA) is 35.5 Å². The number of alkyl halides is 1. The molecule has 0 aromatic rings.